The molecule has 0 amide bonds. The molecule has 0 aliphatic rings. The number of rotatable bonds is 3. The molecular weight excluding hydrogens is 100 g/mol. The summed E-state index contributed by atoms with van der Waals surface area (Å²) in [5.41, 5.74) is 0. The highest BCUT2D eigenvalue weighted by Gasteiger charge is 1.72. The van der Waals surface area contributed by atoms with Crippen LogP contribution in [-0.2, 0) is 0 Å². The predicted octanol–water partition coefficient (Wildman–Crippen LogP) is 0.281. The quantitative estimate of drug-likeness (QED) is 0.567. The van der Waals surface area contributed by atoms with Crippen molar-refractivity contribution in [3.05, 3.63) is 12.3 Å². The average Bonchev–Trinajstić information content (AvgIpc) is 1.66. The Morgan fingerprint density at radius 3 is 2.50 bits per heavy atom. The van der Waals surface area contributed by atoms with Crippen LogP contribution in [0.25, 0.3) is 0 Å². The van der Waals surface area contributed by atoms with Gasteiger partial charge in [-0.15, -0.1) is 0 Å². The maximum Gasteiger partial charge on any atom is 0.0149 e. The van der Waals surface area contributed by atoms with Gasteiger partial charge < -0.3 is 10.2 Å². The number of nitrogens with zero attached hydrogens (tertiary/aromatic N) is 1. The van der Waals surface area contributed by atoms with E-state index in [1.54, 1.807) is 0 Å². The van der Waals surface area contributed by atoms with Crippen molar-refractivity contribution in [2.24, 2.45) is 0 Å². The van der Waals surface area contributed by atoms with Crippen molar-refractivity contribution in [3.63, 3.8) is 0 Å². The Labute approximate surface area is 51.2 Å². The fraction of sp³-hybridized carbons (Fsp3) is 0.667. The molecule has 0 atom stereocenters. The molecule has 0 aromatic rings. The monoisotopic (exact) mass is 114 g/mol. The summed E-state index contributed by atoms with van der Waals surface area (Å²) in [4.78, 5) is 2.01. The van der Waals surface area contributed by atoms with Crippen molar-refractivity contribution >= 4 is 0 Å². The summed E-state index contributed by atoms with van der Waals surface area (Å²) in [5, 5.41) is 3.01. The van der Waals surface area contributed by atoms with E-state index >= 15 is 0 Å². The van der Waals surface area contributed by atoms with E-state index in [0.717, 1.165) is 6.54 Å². The minimum Gasteiger partial charge on any atom is -0.384 e. The lowest BCUT2D eigenvalue weighted by Gasteiger charge is -2.01. The van der Waals surface area contributed by atoms with Crippen molar-refractivity contribution in [1.29, 1.82) is 0 Å². The third kappa shape index (κ3) is 5.50. The van der Waals surface area contributed by atoms with E-state index in [4.69, 9.17) is 0 Å². The molecule has 8 heavy (non-hydrogen) atoms. The van der Waals surface area contributed by atoms with Crippen LogP contribution in [0.4, 0.5) is 0 Å². The van der Waals surface area contributed by atoms with E-state index in [2.05, 4.69) is 11.4 Å². The van der Waals surface area contributed by atoms with Crippen molar-refractivity contribution in [2.75, 3.05) is 27.7 Å². The normalized spacial score (nSPS) is 10.4. The SMILES string of the molecule is CNCC=CN(C)C. The molecule has 0 aliphatic heterocycles. The number of hydrogen-bond acceptors (Lipinski definition) is 2. The molecule has 0 fully saturated rings. The summed E-state index contributed by atoms with van der Waals surface area (Å²) in [7, 11) is 5.94. The molecule has 0 aromatic heterocycles. The van der Waals surface area contributed by atoms with Gasteiger partial charge in [0, 0.05) is 20.6 Å². The van der Waals surface area contributed by atoms with Gasteiger partial charge >= 0.3 is 0 Å². The van der Waals surface area contributed by atoms with E-state index in [-0.39, 0.29) is 0 Å². The van der Waals surface area contributed by atoms with Crippen LogP contribution in [0.15, 0.2) is 12.3 Å². The molecule has 2 nitrogen and oxygen atoms in total. The molecule has 0 bridgehead atoms. The van der Waals surface area contributed by atoms with E-state index in [9.17, 15) is 0 Å². The summed E-state index contributed by atoms with van der Waals surface area (Å²) in [6, 6.07) is 0. The summed E-state index contributed by atoms with van der Waals surface area (Å²) >= 11 is 0. The molecule has 0 spiro atoms. The van der Waals surface area contributed by atoms with Crippen LogP contribution >= 0.6 is 0 Å². The summed E-state index contributed by atoms with van der Waals surface area (Å²) in [6.07, 6.45) is 4.09. The van der Waals surface area contributed by atoms with Crippen LogP contribution in [0, 0.1) is 0 Å². The minimum atomic E-state index is 0.943. The molecular formula is C6H14N2. The van der Waals surface area contributed by atoms with Gasteiger partial charge in [-0.3, -0.25) is 0 Å². The Morgan fingerprint density at radius 2 is 2.12 bits per heavy atom. The van der Waals surface area contributed by atoms with Gasteiger partial charge in [-0.1, -0.05) is 6.08 Å². The van der Waals surface area contributed by atoms with Crippen LogP contribution < -0.4 is 5.32 Å². The summed E-state index contributed by atoms with van der Waals surface area (Å²) in [6.45, 7) is 0.943. The first kappa shape index (κ1) is 7.50. The van der Waals surface area contributed by atoms with E-state index in [0.29, 0.717) is 0 Å². The van der Waals surface area contributed by atoms with Crippen molar-refractivity contribution in [2.45, 2.75) is 0 Å². The van der Waals surface area contributed by atoms with Crippen molar-refractivity contribution in [3.8, 4) is 0 Å². The Hall–Kier alpha value is -0.500. The van der Waals surface area contributed by atoms with E-state index in [1.807, 2.05) is 32.2 Å². The minimum absolute atomic E-state index is 0.943. The predicted molar refractivity (Wildman–Crippen MR) is 36.8 cm³/mol. The lowest BCUT2D eigenvalue weighted by atomic mass is 10.6. The van der Waals surface area contributed by atoms with Gasteiger partial charge in [-0.25, -0.2) is 0 Å². The van der Waals surface area contributed by atoms with Gasteiger partial charge in [-0.2, -0.15) is 0 Å². The number of hydrogen-bond donors (Lipinski definition) is 1. The molecule has 48 valence electrons. The third-order valence-corrected chi connectivity index (χ3v) is 0.726. The van der Waals surface area contributed by atoms with Crippen LogP contribution in [0.2, 0.25) is 0 Å². The van der Waals surface area contributed by atoms with Gasteiger partial charge in [-0.05, 0) is 13.2 Å². The van der Waals surface area contributed by atoms with Crippen molar-refractivity contribution < 1.29 is 0 Å². The van der Waals surface area contributed by atoms with E-state index < -0.39 is 0 Å². The molecule has 0 unspecified atom stereocenters. The molecule has 0 aliphatic carbocycles. The van der Waals surface area contributed by atoms with Gasteiger partial charge in [0.2, 0.25) is 0 Å². The fourth-order valence-electron chi connectivity index (χ4n) is 0.381. The zero-order chi connectivity index (χ0) is 6.41. The summed E-state index contributed by atoms with van der Waals surface area (Å²) < 4.78 is 0. The Bertz CT molecular complexity index is 66.9. The highest BCUT2D eigenvalue weighted by Crippen LogP contribution is 1.73. The largest absolute Gasteiger partial charge is 0.384 e. The first-order valence-corrected chi connectivity index (χ1v) is 2.75. The topological polar surface area (TPSA) is 15.3 Å². The Kier molecular flexibility index (Phi) is 4.36. The van der Waals surface area contributed by atoms with Gasteiger partial charge in [0.05, 0.1) is 0 Å². The lowest BCUT2D eigenvalue weighted by Crippen LogP contribution is -2.07. The third-order valence-electron chi connectivity index (χ3n) is 0.726. The lowest BCUT2D eigenvalue weighted by molar-refractivity contribution is 0.561. The number of nitrogens with one attached hydrogen (secondary N) is 1. The van der Waals surface area contributed by atoms with Gasteiger partial charge in [0.1, 0.15) is 0 Å². The van der Waals surface area contributed by atoms with Gasteiger partial charge in [0.25, 0.3) is 0 Å². The smallest absolute Gasteiger partial charge is 0.0149 e. The molecule has 0 saturated heterocycles. The van der Waals surface area contributed by atoms with Crippen LogP contribution in [0.1, 0.15) is 0 Å². The molecule has 2 heteroatoms. The van der Waals surface area contributed by atoms with Crippen LogP contribution in [0.3, 0.4) is 0 Å². The second kappa shape index (κ2) is 4.65. The maximum atomic E-state index is 3.01. The second-order valence-electron chi connectivity index (χ2n) is 1.91. The fourth-order valence-corrected chi connectivity index (χ4v) is 0.381. The molecule has 0 rings (SSSR count). The number of likely N-dealkylation sites (N-methyl/N-ethyl adjacent to an activating group) is 1. The van der Waals surface area contributed by atoms with Crippen LogP contribution in [-0.4, -0.2) is 32.6 Å². The maximum absolute atomic E-state index is 3.01. The highest BCUT2D eigenvalue weighted by molar-refractivity contribution is 4.80. The molecule has 1 N–H and O–H groups in total. The molecule has 0 heterocycles. The van der Waals surface area contributed by atoms with Crippen molar-refractivity contribution in [1.82, 2.24) is 10.2 Å². The zero-order valence-electron chi connectivity index (χ0n) is 5.81. The molecule has 0 aromatic carbocycles. The highest BCUT2D eigenvalue weighted by atomic mass is 15.0. The molecule has 0 radical (unpaired) electrons. The standard InChI is InChI=1S/C6H14N2/c1-7-5-4-6-8(2)3/h4,6-7H,5H2,1-3H3. The first-order valence-electron chi connectivity index (χ1n) is 2.75. The summed E-state index contributed by atoms with van der Waals surface area (Å²) in [5.74, 6) is 0. The first-order chi connectivity index (χ1) is 3.77. The Balaban J connectivity index is 3.07. The van der Waals surface area contributed by atoms with Crippen LogP contribution in [0.5, 0.6) is 0 Å². The van der Waals surface area contributed by atoms with E-state index in [1.165, 1.54) is 0 Å². The Morgan fingerprint density at radius 1 is 1.50 bits per heavy atom. The zero-order valence-corrected chi connectivity index (χ0v) is 5.81. The van der Waals surface area contributed by atoms with Gasteiger partial charge in [0.15, 0.2) is 0 Å². The second-order valence-corrected chi connectivity index (χ2v) is 1.91. The molecule has 0 saturated carbocycles. The average molecular weight is 114 g/mol.